The number of carbonyl (C=O) groups is 1. The lowest BCUT2D eigenvalue weighted by Crippen LogP contribution is -2.17. The number of hydrogen-bond acceptors (Lipinski definition) is 5. The monoisotopic (exact) mass is 430 g/mol. The fraction of sp³-hybridized carbons (Fsp3) is 0.240. The minimum Gasteiger partial charge on any atom is -0.369 e. The average molecular weight is 431 g/mol. The molecule has 0 saturated heterocycles. The standard InChI is InChI=1S/C25H26N4OS/c1-4-18-7-5-6-8-20(18)29-21(30)13-14-26-24-23-22(19-11-9-16(2)10-12-19)17(3)31-25(23)28-15-27-24/h5-12,15H,4,13-14H2,1-3H3,(H,29,30)(H,26,27,28). The van der Waals surface area contributed by atoms with Crippen LogP contribution in [0, 0.1) is 13.8 Å². The van der Waals surface area contributed by atoms with Crippen molar-refractivity contribution in [2.75, 3.05) is 17.2 Å². The number of thiophene rings is 1. The number of fused-ring (bicyclic) bond motifs is 1. The Morgan fingerprint density at radius 3 is 2.58 bits per heavy atom. The highest BCUT2D eigenvalue weighted by atomic mass is 32.1. The number of amides is 1. The molecular weight excluding hydrogens is 404 g/mol. The highest BCUT2D eigenvalue weighted by Crippen LogP contribution is 2.40. The maximum atomic E-state index is 12.5. The van der Waals surface area contributed by atoms with Crippen molar-refractivity contribution in [2.24, 2.45) is 0 Å². The van der Waals surface area contributed by atoms with Crippen LogP contribution in [-0.2, 0) is 11.2 Å². The Morgan fingerprint density at radius 1 is 1.03 bits per heavy atom. The van der Waals surface area contributed by atoms with E-state index in [0.29, 0.717) is 13.0 Å². The number of para-hydroxylation sites is 1. The van der Waals surface area contributed by atoms with Crippen LogP contribution >= 0.6 is 11.3 Å². The first-order valence-corrected chi connectivity index (χ1v) is 11.3. The third-order valence-corrected chi connectivity index (χ3v) is 6.33. The number of carbonyl (C=O) groups excluding carboxylic acids is 1. The number of nitrogens with one attached hydrogen (secondary N) is 2. The van der Waals surface area contributed by atoms with Gasteiger partial charge in [-0.25, -0.2) is 9.97 Å². The van der Waals surface area contributed by atoms with E-state index in [1.807, 2.05) is 24.3 Å². The van der Waals surface area contributed by atoms with Gasteiger partial charge in [0.25, 0.3) is 0 Å². The van der Waals surface area contributed by atoms with E-state index < -0.39 is 0 Å². The third kappa shape index (κ3) is 4.59. The van der Waals surface area contributed by atoms with E-state index in [4.69, 9.17) is 0 Å². The van der Waals surface area contributed by atoms with Crippen LogP contribution in [0.1, 0.15) is 29.3 Å². The van der Waals surface area contributed by atoms with Crippen molar-refractivity contribution >= 4 is 39.0 Å². The Bertz CT molecular complexity index is 1210. The van der Waals surface area contributed by atoms with Gasteiger partial charge < -0.3 is 10.6 Å². The minimum absolute atomic E-state index is 0.0149. The molecule has 0 atom stereocenters. The molecule has 0 spiro atoms. The van der Waals surface area contributed by atoms with Crippen LogP contribution in [0.25, 0.3) is 21.3 Å². The second-order valence-electron chi connectivity index (χ2n) is 7.54. The molecule has 0 aliphatic rings. The van der Waals surface area contributed by atoms with E-state index in [2.05, 4.69) is 65.6 Å². The van der Waals surface area contributed by atoms with E-state index in [1.165, 1.54) is 10.4 Å². The fourth-order valence-corrected chi connectivity index (χ4v) is 4.72. The SMILES string of the molecule is CCc1ccccc1NC(=O)CCNc1ncnc2sc(C)c(-c3ccc(C)cc3)c12. The van der Waals surface area contributed by atoms with Crippen LogP contribution in [0.3, 0.4) is 0 Å². The molecule has 0 saturated carbocycles. The lowest BCUT2D eigenvalue weighted by atomic mass is 10.0. The average Bonchev–Trinajstić information content (AvgIpc) is 3.11. The summed E-state index contributed by atoms with van der Waals surface area (Å²) in [5.74, 6) is 0.755. The molecule has 2 N–H and O–H groups in total. The Labute approximate surface area is 186 Å². The van der Waals surface area contributed by atoms with E-state index in [1.54, 1.807) is 17.7 Å². The first-order chi connectivity index (χ1) is 15.1. The molecule has 2 aromatic heterocycles. The van der Waals surface area contributed by atoms with Gasteiger partial charge in [0.15, 0.2) is 0 Å². The Kier molecular flexibility index (Phi) is 6.28. The molecule has 0 aliphatic heterocycles. The molecule has 0 unspecified atom stereocenters. The molecule has 31 heavy (non-hydrogen) atoms. The van der Waals surface area contributed by atoms with Gasteiger partial charge in [0.2, 0.25) is 5.91 Å². The minimum atomic E-state index is -0.0149. The summed E-state index contributed by atoms with van der Waals surface area (Å²) >= 11 is 1.67. The van der Waals surface area contributed by atoms with E-state index in [0.717, 1.165) is 44.8 Å². The van der Waals surface area contributed by atoms with Crippen LogP contribution in [0.2, 0.25) is 0 Å². The molecule has 158 valence electrons. The number of hydrogen-bond donors (Lipinski definition) is 2. The van der Waals surface area contributed by atoms with Gasteiger partial charge in [-0.3, -0.25) is 4.79 Å². The number of anilines is 2. The smallest absolute Gasteiger partial charge is 0.226 e. The van der Waals surface area contributed by atoms with Crippen LogP contribution in [0.5, 0.6) is 0 Å². The zero-order chi connectivity index (χ0) is 21.8. The summed E-state index contributed by atoms with van der Waals surface area (Å²) in [5.41, 5.74) is 5.56. The van der Waals surface area contributed by atoms with E-state index in [-0.39, 0.29) is 5.91 Å². The summed E-state index contributed by atoms with van der Waals surface area (Å²) in [5, 5.41) is 7.40. The maximum absolute atomic E-state index is 12.5. The molecule has 5 nitrogen and oxygen atoms in total. The topological polar surface area (TPSA) is 66.9 Å². The van der Waals surface area contributed by atoms with Crippen molar-refractivity contribution in [2.45, 2.75) is 33.6 Å². The van der Waals surface area contributed by atoms with E-state index >= 15 is 0 Å². The summed E-state index contributed by atoms with van der Waals surface area (Å²) in [6.45, 7) is 6.78. The lowest BCUT2D eigenvalue weighted by Gasteiger charge is -2.11. The molecule has 4 rings (SSSR count). The molecule has 6 heteroatoms. The van der Waals surface area contributed by atoms with Gasteiger partial charge in [-0.15, -0.1) is 11.3 Å². The zero-order valence-corrected chi connectivity index (χ0v) is 18.8. The predicted octanol–water partition coefficient (Wildman–Crippen LogP) is 5.98. The number of nitrogens with zero attached hydrogens (tertiary/aromatic N) is 2. The summed E-state index contributed by atoms with van der Waals surface area (Å²) < 4.78 is 0. The lowest BCUT2D eigenvalue weighted by molar-refractivity contribution is -0.115. The second-order valence-corrected chi connectivity index (χ2v) is 8.74. The molecule has 0 radical (unpaired) electrons. The van der Waals surface area contributed by atoms with Gasteiger partial charge in [0.05, 0.1) is 5.39 Å². The van der Waals surface area contributed by atoms with E-state index in [9.17, 15) is 4.79 Å². The quantitative estimate of drug-likeness (QED) is 0.379. The maximum Gasteiger partial charge on any atom is 0.226 e. The number of aryl methyl sites for hydroxylation is 3. The van der Waals surface area contributed by atoms with Crippen molar-refractivity contribution in [1.29, 1.82) is 0 Å². The first-order valence-electron chi connectivity index (χ1n) is 10.5. The normalized spacial score (nSPS) is 10.9. The second kappa shape index (κ2) is 9.27. The molecule has 0 bridgehead atoms. The van der Waals surface area contributed by atoms with Gasteiger partial charge in [0, 0.05) is 29.1 Å². The van der Waals surface area contributed by atoms with Crippen molar-refractivity contribution in [3.8, 4) is 11.1 Å². The van der Waals surface area contributed by atoms with Crippen LogP contribution in [-0.4, -0.2) is 22.4 Å². The fourth-order valence-electron chi connectivity index (χ4n) is 3.70. The van der Waals surface area contributed by atoms with Gasteiger partial charge in [-0.1, -0.05) is 55.0 Å². The Balaban J connectivity index is 1.51. The molecule has 2 heterocycles. The van der Waals surface area contributed by atoms with Crippen molar-refractivity contribution in [3.05, 3.63) is 70.9 Å². The van der Waals surface area contributed by atoms with Crippen LogP contribution in [0.15, 0.2) is 54.9 Å². The molecular formula is C25H26N4OS. The number of benzene rings is 2. The van der Waals surface area contributed by atoms with Gasteiger partial charge >= 0.3 is 0 Å². The Morgan fingerprint density at radius 2 is 1.81 bits per heavy atom. The van der Waals surface area contributed by atoms with Gasteiger partial charge in [0.1, 0.15) is 17.0 Å². The van der Waals surface area contributed by atoms with Crippen LogP contribution in [0.4, 0.5) is 11.5 Å². The van der Waals surface area contributed by atoms with Crippen molar-refractivity contribution < 1.29 is 4.79 Å². The van der Waals surface area contributed by atoms with Gasteiger partial charge in [-0.2, -0.15) is 0 Å². The predicted molar refractivity (Wildman–Crippen MR) is 130 cm³/mol. The van der Waals surface area contributed by atoms with Crippen molar-refractivity contribution in [3.63, 3.8) is 0 Å². The zero-order valence-electron chi connectivity index (χ0n) is 18.0. The van der Waals surface area contributed by atoms with Crippen molar-refractivity contribution in [1.82, 2.24) is 9.97 Å². The largest absolute Gasteiger partial charge is 0.369 e. The molecule has 2 aromatic carbocycles. The number of aromatic nitrogens is 2. The highest BCUT2D eigenvalue weighted by Gasteiger charge is 2.17. The third-order valence-electron chi connectivity index (χ3n) is 5.32. The first kappa shape index (κ1) is 21.0. The Hall–Kier alpha value is -3.25. The van der Waals surface area contributed by atoms with Crippen LogP contribution < -0.4 is 10.6 Å². The molecule has 4 aromatic rings. The summed E-state index contributed by atoms with van der Waals surface area (Å²) in [6, 6.07) is 16.4. The summed E-state index contributed by atoms with van der Waals surface area (Å²) in [6.07, 6.45) is 2.82. The summed E-state index contributed by atoms with van der Waals surface area (Å²) in [7, 11) is 0. The summed E-state index contributed by atoms with van der Waals surface area (Å²) in [4.78, 5) is 23.6. The number of rotatable bonds is 7. The molecule has 1 amide bonds. The van der Waals surface area contributed by atoms with Gasteiger partial charge in [-0.05, 0) is 37.5 Å². The molecule has 0 aliphatic carbocycles. The molecule has 0 fully saturated rings. The highest BCUT2D eigenvalue weighted by molar-refractivity contribution is 7.19.